The maximum atomic E-state index is 14.1. The molecule has 4 atom stereocenters. The highest BCUT2D eigenvalue weighted by atomic mass is 19.2. The van der Waals surface area contributed by atoms with E-state index >= 15 is 0 Å². The SMILES string of the molecule is F[C@@H]1CN(c2c(-c3cn[nH]c3)ncn3nc(N[C@H]4CCOC[C@H]4F)nc23)C[C@H]1F. The minimum atomic E-state index is -1.59. The van der Waals surface area contributed by atoms with E-state index in [1.165, 1.54) is 10.8 Å². The molecule has 0 unspecified atom stereocenters. The van der Waals surface area contributed by atoms with E-state index in [1.54, 1.807) is 17.3 Å². The molecule has 2 fully saturated rings. The summed E-state index contributed by atoms with van der Waals surface area (Å²) in [5, 5.41) is 14.0. The largest absolute Gasteiger partial charge is 0.378 e. The average molecular weight is 408 g/mol. The maximum absolute atomic E-state index is 14.1. The van der Waals surface area contributed by atoms with Crippen LogP contribution in [0.2, 0.25) is 0 Å². The second-order valence-electron chi connectivity index (χ2n) is 7.20. The predicted molar refractivity (Wildman–Crippen MR) is 98.1 cm³/mol. The smallest absolute Gasteiger partial charge is 0.243 e. The van der Waals surface area contributed by atoms with Crippen LogP contribution in [0.1, 0.15) is 6.42 Å². The van der Waals surface area contributed by atoms with Gasteiger partial charge in [0.2, 0.25) is 5.95 Å². The second kappa shape index (κ2) is 7.17. The lowest BCUT2D eigenvalue weighted by atomic mass is 10.1. The van der Waals surface area contributed by atoms with Crippen molar-refractivity contribution >= 4 is 17.3 Å². The summed E-state index contributed by atoms with van der Waals surface area (Å²) in [6.45, 7) is 0.240. The summed E-state index contributed by atoms with van der Waals surface area (Å²) < 4.78 is 48.5. The lowest BCUT2D eigenvalue weighted by Crippen LogP contribution is -2.39. The highest BCUT2D eigenvalue weighted by molar-refractivity contribution is 5.85. The molecule has 2 saturated heterocycles. The molecule has 0 amide bonds. The number of alkyl halides is 3. The molecule has 0 bridgehead atoms. The van der Waals surface area contributed by atoms with Gasteiger partial charge in [0.15, 0.2) is 18.0 Å². The number of fused-ring (bicyclic) bond motifs is 1. The molecule has 5 rings (SSSR count). The molecule has 0 saturated carbocycles. The van der Waals surface area contributed by atoms with Crippen molar-refractivity contribution in [2.45, 2.75) is 31.0 Å². The number of ether oxygens (including phenoxy) is 1. The van der Waals surface area contributed by atoms with Gasteiger partial charge in [-0.05, 0) is 6.42 Å². The first kappa shape index (κ1) is 18.2. The van der Waals surface area contributed by atoms with Crippen LogP contribution in [0.25, 0.3) is 16.9 Å². The maximum Gasteiger partial charge on any atom is 0.243 e. The van der Waals surface area contributed by atoms with Crippen LogP contribution in [0, 0.1) is 0 Å². The van der Waals surface area contributed by atoms with Crippen molar-refractivity contribution < 1.29 is 17.9 Å². The lowest BCUT2D eigenvalue weighted by molar-refractivity contribution is 0.0284. The Kier molecular flexibility index (Phi) is 4.49. The van der Waals surface area contributed by atoms with E-state index in [0.717, 1.165) is 0 Å². The summed E-state index contributed by atoms with van der Waals surface area (Å²) in [6, 6.07) is -0.469. The van der Waals surface area contributed by atoms with Gasteiger partial charge in [-0.25, -0.2) is 18.2 Å². The summed E-state index contributed by atoms with van der Waals surface area (Å²) in [4.78, 5) is 10.5. The first-order chi connectivity index (χ1) is 14.1. The average Bonchev–Trinajstić information content (AvgIpc) is 3.43. The third-order valence-electron chi connectivity index (χ3n) is 5.23. The van der Waals surface area contributed by atoms with Gasteiger partial charge in [-0.15, -0.1) is 5.10 Å². The summed E-state index contributed by atoms with van der Waals surface area (Å²) >= 11 is 0. The molecular weight excluding hydrogens is 389 g/mol. The quantitative estimate of drug-likeness (QED) is 0.676. The zero-order valence-corrected chi connectivity index (χ0v) is 15.3. The Morgan fingerprint density at radius 3 is 2.72 bits per heavy atom. The van der Waals surface area contributed by atoms with Crippen molar-refractivity contribution in [3.8, 4) is 11.3 Å². The fraction of sp³-hybridized carbons (Fsp3) is 0.529. The van der Waals surface area contributed by atoms with Gasteiger partial charge in [0.25, 0.3) is 0 Å². The molecule has 3 aromatic heterocycles. The van der Waals surface area contributed by atoms with Gasteiger partial charge < -0.3 is 15.0 Å². The molecule has 0 radical (unpaired) electrons. The van der Waals surface area contributed by atoms with Crippen LogP contribution < -0.4 is 10.2 Å². The summed E-state index contributed by atoms with van der Waals surface area (Å²) in [5.41, 5.74) is 1.98. The summed E-state index contributed by atoms with van der Waals surface area (Å²) in [7, 11) is 0. The van der Waals surface area contributed by atoms with E-state index in [2.05, 4.69) is 30.6 Å². The zero-order chi connectivity index (χ0) is 20.0. The van der Waals surface area contributed by atoms with E-state index < -0.39 is 24.6 Å². The molecule has 12 heteroatoms. The molecule has 2 N–H and O–H groups in total. The van der Waals surface area contributed by atoms with Crippen molar-refractivity contribution in [3.63, 3.8) is 0 Å². The van der Waals surface area contributed by atoms with Crippen LogP contribution in [0.5, 0.6) is 0 Å². The molecule has 3 aromatic rings. The second-order valence-corrected chi connectivity index (χ2v) is 7.20. The van der Waals surface area contributed by atoms with Crippen molar-refractivity contribution in [2.75, 3.05) is 36.5 Å². The summed E-state index contributed by atoms with van der Waals surface area (Å²) in [6.07, 6.45) is 0.804. The zero-order valence-electron chi connectivity index (χ0n) is 15.3. The van der Waals surface area contributed by atoms with E-state index in [1.807, 2.05) is 0 Å². The Hall–Kier alpha value is -2.89. The van der Waals surface area contributed by atoms with Gasteiger partial charge in [0.05, 0.1) is 31.9 Å². The number of rotatable bonds is 4. The third-order valence-corrected chi connectivity index (χ3v) is 5.23. The number of hydrogen-bond donors (Lipinski definition) is 2. The van der Waals surface area contributed by atoms with Crippen molar-refractivity contribution in [1.82, 2.24) is 29.8 Å². The van der Waals surface area contributed by atoms with Crippen molar-refractivity contribution in [3.05, 3.63) is 18.7 Å². The fourth-order valence-corrected chi connectivity index (χ4v) is 3.73. The van der Waals surface area contributed by atoms with Crippen LogP contribution >= 0.6 is 0 Å². The number of aromatic nitrogens is 6. The Balaban J connectivity index is 1.56. The van der Waals surface area contributed by atoms with Crippen LogP contribution in [-0.4, -0.2) is 80.6 Å². The number of H-pyrrole nitrogens is 1. The first-order valence-corrected chi connectivity index (χ1v) is 9.36. The van der Waals surface area contributed by atoms with E-state index in [9.17, 15) is 13.2 Å². The van der Waals surface area contributed by atoms with Crippen molar-refractivity contribution in [1.29, 1.82) is 0 Å². The summed E-state index contributed by atoms with van der Waals surface area (Å²) in [5.74, 6) is 0.222. The number of halogens is 3. The van der Waals surface area contributed by atoms with Gasteiger partial charge in [-0.2, -0.15) is 14.6 Å². The molecule has 0 spiro atoms. The molecule has 0 aliphatic carbocycles. The lowest BCUT2D eigenvalue weighted by Gasteiger charge is -2.26. The van der Waals surface area contributed by atoms with Gasteiger partial charge in [-0.3, -0.25) is 5.10 Å². The monoisotopic (exact) mass is 408 g/mol. The molecule has 0 aromatic carbocycles. The Morgan fingerprint density at radius 1 is 1.17 bits per heavy atom. The number of aromatic amines is 1. The van der Waals surface area contributed by atoms with Gasteiger partial charge >= 0.3 is 0 Å². The van der Waals surface area contributed by atoms with Crippen LogP contribution in [-0.2, 0) is 4.74 Å². The van der Waals surface area contributed by atoms with Gasteiger partial charge in [0.1, 0.15) is 23.9 Å². The number of nitrogens with one attached hydrogen (secondary N) is 2. The molecular formula is C17H19F3N8O. The Labute approximate surface area is 163 Å². The number of nitrogens with zero attached hydrogens (tertiary/aromatic N) is 6. The normalized spacial score (nSPS) is 27.6. The standard InChI is InChI=1S/C17H19F3N8O/c18-10-5-27(6-11(10)19)15-14(9-3-22-23-4-9)21-8-28-16(15)25-17(26-28)24-13-1-2-29-7-12(13)20/h3-4,8,10-13H,1-2,5-7H2,(H,22,23)(H,24,26)/t10-,11-,12-,13+/m1/s1. The van der Waals surface area contributed by atoms with Gasteiger partial charge in [0, 0.05) is 18.4 Å². The van der Waals surface area contributed by atoms with E-state index in [0.29, 0.717) is 35.6 Å². The van der Waals surface area contributed by atoms with E-state index in [4.69, 9.17) is 4.74 Å². The van der Waals surface area contributed by atoms with Crippen LogP contribution in [0.15, 0.2) is 18.7 Å². The number of hydrogen-bond acceptors (Lipinski definition) is 7. The minimum absolute atomic E-state index is 0.0199. The van der Waals surface area contributed by atoms with E-state index in [-0.39, 0.29) is 25.6 Å². The van der Waals surface area contributed by atoms with Crippen LogP contribution in [0.4, 0.5) is 24.8 Å². The highest BCUT2D eigenvalue weighted by Crippen LogP contribution is 2.35. The Bertz CT molecular complexity index is 986. The molecule has 29 heavy (non-hydrogen) atoms. The van der Waals surface area contributed by atoms with Crippen molar-refractivity contribution in [2.24, 2.45) is 0 Å². The third kappa shape index (κ3) is 3.26. The molecule has 9 nitrogen and oxygen atoms in total. The first-order valence-electron chi connectivity index (χ1n) is 9.36. The molecule has 2 aliphatic heterocycles. The molecule has 154 valence electrons. The molecule has 5 heterocycles. The van der Waals surface area contributed by atoms with Gasteiger partial charge in [-0.1, -0.05) is 0 Å². The predicted octanol–water partition coefficient (Wildman–Crippen LogP) is 1.55. The number of anilines is 2. The highest BCUT2D eigenvalue weighted by Gasteiger charge is 2.36. The minimum Gasteiger partial charge on any atom is -0.378 e. The Morgan fingerprint density at radius 2 is 2.00 bits per heavy atom. The topological polar surface area (TPSA) is 96.3 Å². The van der Waals surface area contributed by atoms with Crippen LogP contribution in [0.3, 0.4) is 0 Å². The molecule has 2 aliphatic rings. The fourth-order valence-electron chi connectivity index (χ4n) is 3.73.